The van der Waals surface area contributed by atoms with Crippen molar-refractivity contribution in [2.24, 2.45) is 17.6 Å². The maximum absolute atomic E-state index is 11.7. The largest absolute Gasteiger partial charge is 0.330 e. The van der Waals surface area contributed by atoms with Gasteiger partial charge in [-0.15, -0.1) is 0 Å². The Bertz CT molecular complexity index is 174. The summed E-state index contributed by atoms with van der Waals surface area (Å²) in [4.78, 5) is 11.7. The molecule has 0 fully saturated rings. The van der Waals surface area contributed by atoms with E-state index in [1.54, 1.807) is 0 Å². The molecule has 0 spiro atoms. The van der Waals surface area contributed by atoms with Crippen LogP contribution in [0.1, 0.15) is 65.7 Å². The third kappa shape index (κ3) is 7.86. The lowest BCUT2D eigenvalue weighted by Crippen LogP contribution is -2.12. The van der Waals surface area contributed by atoms with Crippen molar-refractivity contribution in [3.63, 3.8) is 0 Å². The number of nitrogens with two attached hydrogens (primary N) is 1. The summed E-state index contributed by atoms with van der Waals surface area (Å²) < 4.78 is 0. The highest BCUT2D eigenvalue weighted by molar-refractivity contribution is 5.78. The summed E-state index contributed by atoms with van der Waals surface area (Å²) in [5, 5.41) is 0. The van der Waals surface area contributed by atoms with Gasteiger partial charge in [0.05, 0.1) is 0 Å². The zero-order valence-corrected chi connectivity index (χ0v) is 11.3. The summed E-state index contributed by atoms with van der Waals surface area (Å²) in [5.41, 5.74) is 5.58. The second-order valence-corrected chi connectivity index (χ2v) is 5.03. The fourth-order valence-corrected chi connectivity index (χ4v) is 2.08. The van der Waals surface area contributed by atoms with Gasteiger partial charge in [0, 0.05) is 12.8 Å². The Kier molecular flexibility index (Phi) is 9.60. The molecule has 0 heterocycles. The van der Waals surface area contributed by atoms with Gasteiger partial charge in [0.2, 0.25) is 0 Å². The Morgan fingerprint density at radius 2 is 1.88 bits per heavy atom. The molecular formula is C14H29NO. The van der Waals surface area contributed by atoms with Crippen molar-refractivity contribution in [3.8, 4) is 0 Å². The van der Waals surface area contributed by atoms with Gasteiger partial charge in [-0.1, -0.05) is 40.0 Å². The van der Waals surface area contributed by atoms with Crippen molar-refractivity contribution in [1.82, 2.24) is 0 Å². The molecule has 0 aliphatic carbocycles. The minimum atomic E-state index is 0.437. The predicted molar refractivity (Wildman–Crippen MR) is 70.4 cm³/mol. The Labute approximate surface area is 101 Å². The standard InChI is InChI=1S/C14H29NO/c1-4-6-13(9-10-15)7-8-14(16)11-12(3)5-2/h12-13H,4-11,15H2,1-3H3. The molecule has 0 aromatic heterocycles. The van der Waals surface area contributed by atoms with Crippen LogP contribution in [-0.2, 0) is 4.79 Å². The molecular weight excluding hydrogens is 198 g/mol. The van der Waals surface area contributed by atoms with Crippen LogP contribution in [0.5, 0.6) is 0 Å². The van der Waals surface area contributed by atoms with Crippen LogP contribution in [0.2, 0.25) is 0 Å². The van der Waals surface area contributed by atoms with Crippen molar-refractivity contribution < 1.29 is 4.79 Å². The van der Waals surface area contributed by atoms with E-state index < -0.39 is 0 Å². The van der Waals surface area contributed by atoms with Crippen LogP contribution < -0.4 is 5.73 Å². The lowest BCUT2D eigenvalue weighted by atomic mass is 9.91. The minimum Gasteiger partial charge on any atom is -0.330 e. The van der Waals surface area contributed by atoms with E-state index in [0.717, 1.165) is 38.6 Å². The second-order valence-electron chi connectivity index (χ2n) is 5.03. The molecule has 0 saturated heterocycles. The van der Waals surface area contributed by atoms with E-state index in [2.05, 4.69) is 20.8 Å². The van der Waals surface area contributed by atoms with E-state index in [9.17, 15) is 4.79 Å². The summed E-state index contributed by atoms with van der Waals surface area (Å²) in [6.07, 6.45) is 7.16. The van der Waals surface area contributed by atoms with E-state index in [0.29, 0.717) is 17.6 Å². The van der Waals surface area contributed by atoms with Crippen LogP contribution in [0.15, 0.2) is 0 Å². The maximum atomic E-state index is 11.7. The minimum absolute atomic E-state index is 0.437. The van der Waals surface area contributed by atoms with Crippen LogP contribution in [0.3, 0.4) is 0 Å². The van der Waals surface area contributed by atoms with Crippen LogP contribution in [0.25, 0.3) is 0 Å². The molecule has 0 aromatic rings. The molecule has 2 heteroatoms. The topological polar surface area (TPSA) is 43.1 Å². The van der Waals surface area contributed by atoms with Gasteiger partial charge < -0.3 is 5.73 Å². The Morgan fingerprint density at radius 3 is 2.38 bits per heavy atom. The molecule has 0 aliphatic rings. The van der Waals surface area contributed by atoms with Crippen molar-refractivity contribution in [3.05, 3.63) is 0 Å². The van der Waals surface area contributed by atoms with E-state index in [4.69, 9.17) is 5.73 Å². The summed E-state index contributed by atoms with van der Waals surface area (Å²) >= 11 is 0. The summed E-state index contributed by atoms with van der Waals surface area (Å²) in [6.45, 7) is 7.25. The molecule has 2 unspecified atom stereocenters. The molecule has 0 amide bonds. The van der Waals surface area contributed by atoms with Crippen molar-refractivity contribution in [2.75, 3.05) is 6.54 Å². The molecule has 2 atom stereocenters. The average Bonchev–Trinajstić information content (AvgIpc) is 2.26. The summed E-state index contributed by atoms with van der Waals surface area (Å²) in [6, 6.07) is 0. The molecule has 16 heavy (non-hydrogen) atoms. The third-order valence-electron chi connectivity index (χ3n) is 3.38. The number of carbonyl (C=O) groups is 1. The van der Waals surface area contributed by atoms with Gasteiger partial charge >= 0.3 is 0 Å². The lowest BCUT2D eigenvalue weighted by molar-refractivity contribution is -0.120. The van der Waals surface area contributed by atoms with Gasteiger partial charge in [-0.05, 0) is 31.2 Å². The fraction of sp³-hybridized carbons (Fsp3) is 0.929. The number of carbonyl (C=O) groups excluding carboxylic acids is 1. The molecule has 0 radical (unpaired) electrons. The smallest absolute Gasteiger partial charge is 0.133 e. The second kappa shape index (κ2) is 9.83. The van der Waals surface area contributed by atoms with Gasteiger partial charge in [0.25, 0.3) is 0 Å². The number of rotatable bonds is 10. The van der Waals surface area contributed by atoms with Crippen molar-refractivity contribution >= 4 is 5.78 Å². The molecule has 2 nitrogen and oxygen atoms in total. The first-order valence-corrected chi connectivity index (χ1v) is 6.85. The van der Waals surface area contributed by atoms with Crippen molar-refractivity contribution in [1.29, 1.82) is 0 Å². The van der Waals surface area contributed by atoms with E-state index in [1.807, 2.05) is 0 Å². The van der Waals surface area contributed by atoms with Crippen LogP contribution >= 0.6 is 0 Å². The number of ketones is 1. The summed E-state index contributed by atoms with van der Waals surface area (Å²) in [7, 11) is 0. The normalized spacial score (nSPS) is 14.8. The van der Waals surface area contributed by atoms with Crippen LogP contribution in [-0.4, -0.2) is 12.3 Å². The first-order chi connectivity index (χ1) is 7.63. The molecule has 0 saturated carbocycles. The maximum Gasteiger partial charge on any atom is 0.133 e. The summed E-state index contributed by atoms with van der Waals surface area (Å²) in [5.74, 6) is 1.65. The molecule has 96 valence electrons. The first kappa shape index (κ1) is 15.6. The first-order valence-electron chi connectivity index (χ1n) is 6.85. The highest BCUT2D eigenvalue weighted by Gasteiger charge is 2.11. The van der Waals surface area contributed by atoms with Gasteiger partial charge in [0.1, 0.15) is 5.78 Å². The predicted octanol–water partition coefficient (Wildman–Crippen LogP) is 3.54. The van der Waals surface area contributed by atoms with Gasteiger partial charge in [-0.2, -0.15) is 0 Å². The molecule has 0 bridgehead atoms. The van der Waals surface area contributed by atoms with Gasteiger partial charge in [-0.25, -0.2) is 0 Å². The number of Topliss-reactive ketones (excluding diaryl/α,β-unsaturated/α-hetero) is 1. The van der Waals surface area contributed by atoms with Crippen molar-refractivity contribution in [2.45, 2.75) is 65.7 Å². The monoisotopic (exact) mass is 227 g/mol. The average molecular weight is 227 g/mol. The van der Waals surface area contributed by atoms with Crippen LogP contribution in [0.4, 0.5) is 0 Å². The van der Waals surface area contributed by atoms with Crippen LogP contribution in [0, 0.1) is 11.8 Å². The van der Waals surface area contributed by atoms with E-state index >= 15 is 0 Å². The zero-order valence-electron chi connectivity index (χ0n) is 11.3. The van der Waals surface area contributed by atoms with E-state index in [-0.39, 0.29) is 0 Å². The molecule has 0 aliphatic heterocycles. The lowest BCUT2D eigenvalue weighted by Gasteiger charge is -2.15. The van der Waals surface area contributed by atoms with Gasteiger partial charge in [-0.3, -0.25) is 4.79 Å². The van der Waals surface area contributed by atoms with Gasteiger partial charge in [0.15, 0.2) is 0 Å². The Hall–Kier alpha value is -0.370. The molecule has 2 N–H and O–H groups in total. The Morgan fingerprint density at radius 1 is 1.19 bits per heavy atom. The quantitative estimate of drug-likeness (QED) is 0.620. The van der Waals surface area contributed by atoms with E-state index in [1.165, 1.54) is 12.8 Å². The third-order valence-corrected chi connectivity index (χ3v) is 3.38. The zero-order chi connectivity index (χ0) is 12.4. The number of hydrogen-bond acceptors (Lipinski definition) is 2. The Balaban J connectivity index is 3.77. The highest BCUT2D eigenvalue weighted by Crippen LogP contribution is 2.18. The SMILES string of the molecule is CCCC(CCN)CCC(=O)CC(C)CC. The highest BCUT2D eigenvalue weighted by atomic mass is 16.1. The number of hydrogen-bond donors (Lipinski definition) is 1. The molecule has 0 rings (SSSR count). The molecule has 0 aromatic carbocycles. The fourth-order valence-electron chi connectivity index (χ4n) is 2.08.